The van der Waals surface area contributed by atoms with Crippen molar-refractivity contribution < 1.29 is 9.21 Å². The number of aromatic nitrogens is 3. The van der Waals surface area contributed by atoms with Crippen molar-refractivity contribution in [3.05, 3.63) is 40.7 Å². The summed E-state index contributed by atoms with van der Waals surface area (Å²) < 4.78 is 5.53. The second-order valence-corrected chi connectivity index (χ2v) is 6.84. The molecule has 0 aromatic carbocycles. The van der Waals surface area contributed by atoms with Crippen LogP contribution in [0.2, 0.25) is 0 Å². The van der Waals surface area contributed by atoms with Gasteiger partial charge in [-0.1, -0.05) is 17.8 Å². The summed E-state index contributed by atoms with van der Waals surface area (Å²) in [6, 6.07) is 7.65. The fourth-order valence-corrected chi connectivity index (χ4v) is 3.12. The van der Waals surface area contributed by atoms with Crippen LogP contribution in [0.25, 0.3) is 11.6 Å². The van der Waals surface area contributed by atoms with Crippen LogP contribution in [0.5, 0.6) is 0 Å². The Hall–Kier alpha value is -2.06. The van der Waals surface area contributed by atoms with Gasteiger partial charge < -0.3 is 14.7 Å². The van der Waals surface area contributed by atoms with Gasteiger partial charge in [-0.05, 0) is 30.5 Å². The van der Waals surface area contributed by atoms with Crippen molar-refractivity contribution in [1.29, 1.82) is 0 Å². The zero-order valence-corrected chi connectivity index (χ0v) is 13.4. The van der Waals surface area contributed by atoms with Gasteiger partial charge in [-0.2, -0.15) is 0 Å². The number of thioether (sulfide) groups is 1. The third kappa shape index (κ3) is 3.58. The number of carbonyl (C=O) groups excluding carboxylic acids is 1. The zero-order chi connectivity index (χ0) is 15.4. The van der Waals surface area contributed by atoms with Crippen molar-refractivity contribution in [3.8, 4) is 11.6 Å². The molecule has 1 atom stereocenters. The molecule has 0 fully saturated rings. The topological polar surface area (TPSA) is 83.8 Å². The lowest BCUT2D eigenvalue weighted by molar-refractivity contribution is -0.120. The third-order valence-electron chi connectivity index (χ3n) is 2.90. The number of nitrogens with zero attached hydrogens (tertiary/aromatic N) is 2. The summed E-state index contributed by atoms with van der Waals surface area (Å²) in [6.45, 7) is 2.35. The highest BCUT2D eigenvalue weighted by Crippen LogP contribution is 2.25. The second-order valence-electron chi connectivity index (χ2n) is 4.51. The van der Waals surface area contributed by atoms with E-state index in [1.165, 1.54) is 11.8 Å². The van der Waals surface area contributed by atoms with E-state index in [0.717, 1.165) is 10.6 Å². The van der Waals surface area contributed by atoms with Crippen molar-refractivity contribution in [2.75, 3.05) is 0 Å². The van der Waals surface area contributed by atoms with E-state index in [9.17, 15) is 4.79 Å². The molecule has 3 heterocycles. The molecule has 114 valence electrons. The average Bonchev–Trinajstić information content (AvgIpc) is 3.25. The average molecular weight is 334 g/mol. The van der Waals surface area contributed by atoms with Crippen molar-refractivity contribution in [3.63, 3.8) is 0 Å². The Bertz CT molecular complexity index is 722. The van der Waals surface area contributed by atoms with Gasteiger partial charge in [0.05, 0.1) is 11.8 Å². The van der Waals surface area contributed by atoms with Crippen LogP contribution in [0.15, 0.2) is 45.5 Å². The van der Waals surface area contributed by atoms with Crippen LogP contribution < -0.4 is 5.32 Å². The van der Waals surface area contributed by atoms with Gasteiger partial charge in [-0.15, -0.1) is 21.5 Å². The van der Waals surface area contributed by atoms with Crippen molar-refractivity contribution >= 4 is 29.0 Å². The summed E-state index contributed by atoms with van der Waals surface area (Å²) in [5, 5.41) is 12.9. The molecule has 2 N–H and O–H groups in total. The fraction of sp³-hybridized carbons (Fsp3) is 0.214. The number of thiophene rings is 1. The summed E-state index contributed by atoms with van der Waals surface area (Å²) in [6.07, 6.45) is 1.78. The molecule has 0 aliphatic carbocycles. The summed E-state index contributed by atoms with van der Waals surface area (Å²) in [5.74, 6) is 0.358. The second kappa shape index (κ2) is 6.80. The Morgan fingerprint density at radius 3 is 3.09 bits per heavy atom. The van der Waals surface area contributed by atoms with Crippen LogP contribution in [0.3, 0.4) is 0 Å². The van der Waals surface area contributed by atoms with E-state index in [4.69, 9.17) is 4.42 Å². The minimum absolute atomic E-state index is 0.0574. The van der Waals surface area contributed by atoms with Crippen LogP contribution in [0, 0.1) is 0 Å². The van der Waals surface area contributed by atoms with E-state index in [2.05, 4.69) is 20.5 Å². The quantitative estimate of drug-likeness (QED) is 0.677. The first-order valence-electron chi connectivity index (χ1n) is 6.66. The van der Waals surface area contributed by atoms with Gasteiger partial charge in [0.15, 0.2) is 0 Å². The summed E-state index contributed by atoms with van der Waals surface area (Å²) in [7, 11) is 0. The van der Waals surface area contributed by atoms with Crippen molar-refractivity contribution in [2.45, 2.75) is 23.9 Å². The normalized spacial score (nSPS) is 12.2. The number of amides is 1. The highest BCUT2D eigenvalue weighted by atomic mass is 32.2. The lowest BCUT2D eigenvalue weighted by Crippen LogP contribution is -2.30. The molecule has 0 saturated heterocycles. The zero-order valence-electron chi connectivity index (χ0n) is 11.8. The Balaban J connectivity index is 1.54. The summed E-state index contributed by atoms with van der Waals surface area (Å²) >= 11 is 2.86. The van der Waals surface area contributed by atoms with Gasteiger partial charge in [-0.3, -0.25) is 4.79 Å². The number of nitrogens with one attached hydrogen (secondary N) is 2. The maximum absolute atomic E-state index is 12.1. The Morgan fingerprint density at radius 1 is 1.45 bits per heavy atom. The van der Waals surface area contributed by atoms with Gasteiger partial charge in [-0.25, -0.2) is 0 Å². The molecule has 8 heteroatoms. The van der Waals surface area contributed by atoms with Gasteiger partial charge in [0.1, 0.15) is 5.69 Å². The molecule has 1 amide bonds. The Morgan fingerprint density at radius 2 is 2.36 bits per heavy atom. The molecular formula is C14H14N4O2S2. The van der Waals surface area contributed by atoms with E-state index in [0.29, 0.717) is 17.7 Å². The minimum atomic E-state index is -0.308. The number of carbonyl (C=O) groups is 1. The molecule has 3 aromatic heterocycles. The Kier molecular flexibility index (Phi) is 4.59. The maximum atomic E-state index is 12.1. The smallest absolute Gasteiger partial charge is 0.277 e. The van der Waals surface area contributed by atoms with E-state index in [1.54, 1.807) is 17.5 Å². The van der Waals surface area contributed by atoms with E-state index in [-0.39, 0.29) is 11.2 Å². The van der Waals surface area contributed by atoms with Crippen LogP contribution in [-0.2, 0) is 11.3 Å². The molecule has 22 heavy (non-hydrogen) atoms. The highest BCUT2D eigenvalue weighted by molar-refractivity contribution is 8.00. The first-order valence-corrected chi connectivity index (χ1v) is 8.42. The van der Waals surface area contributed by atoms with Gasteiger partial charge >= 0.3 is 0 Å². The van der Waals surface area contributed by atoms with E-state index in [1.807, 2.05) is 36.6 Å². The van der Waals surface area contributed by atoms with Crippen LogP contribution in [-0.4, -0.2) is 26.3 Å². The third-order valence-corrected chi connectivity index (χ3v) is 4.71. The predicted octanol–water partition coefficient (Wildman–Crippen LogP) is 2.92. The number of H-pyrrole nitrogens is 1. The standard InChI is InChI=1S/C14H14N4O2S2/c1-9(12(19)16-8-10-4-3-7-21-10)22-14-18-17-13(20-14)11-5-2-6-15-11/h2-7,9,15H,8H2,1H3,(H,16,19)/t9-/m0/s1. The van der Waals surface area contributed by atoms with Crippen LogP contribution >= 0.6 is 23.1 Å². The van der Waals surface area contributed by atoms with Crippen molar-refractivity contribution in [2.24, 2.45) is 0 Å². The van der Waals surface area contributed by atoms with E-state index < -0.39 is 0 Å². The first-order chi connectivity index (χ1) is 10.7. The summed E-state index contributed by atoms with van der Waals surface area (Å²) in [5.41, 5.74) is 0.758. The number of hydrogen-bond donors (Lipinski definition) is 2. The molecule has 0 unspecified atom stereocenters. The molecule has 3 aromatic rings. The predicted molar refractivity (Wildman–Crippen MR) is 85.6 cm³/mol. The lowest BCUT2D eigenvalue weighted by atomic mass is 10.4. The van der Waals surface area contributed by atoms with Gasteiger partial charge in [0, 0.05) is 11.1 Å². The number of aromatic amines is 1. The number of rotatable bonds is 6. The first kappa shape index (κ1) is 14.9. The summed E-state index contributed by atoms with van der Waals surface area (Å²) in [4.78, 5) is 16.2. The number of hydrogen-bond acceptors (Lipinski definition) is 6. The molecule has 0 radical (unpaired) electrons. The minimum Gasteiger partial charge on any atom is -0.410 e. The molecule has 0 aliphatic heterocycles. The molecule has 0 bridgehead atoms. The van der Waals surface area contributed by atoms with Crippen LogP contribution in [0.4, 0.5) is 0 Å². The molecule has 6 nitrogen and oxygen atoms in total. The lowest BCUT2D eigenvalue weighted by Gasteiger charge is -2.08. The van der Waals surface area contributed by atoms with Crippen molar-refractivity contribution in [1.82, 2.24) is 20.5 Å². The molecule has 3 rings (SSSR count). The Labute approximate surface area is 135 Å². The van der Waals surface area contributed by atoms with Gasteiger partial charge in [0.2, 0.25) is 5.91 Å². The molecule has 0 aliphatic rings. The maximum Gasteiger partial charge on any atom is 0.277 e. The molecular weight excluding hydrogens is 320 g/mol. The monoisotopic (exact) mass is 334 g/mol. The largest absolute Gasteiger partial charge is 0.410 e. The van der Waals surface area contributed by atoms with Crippen LogP contribution in [0.1, 0.15) is 11.8 Å². The van der Waals surface area contributed by atoms with E-state index >= 15 is 0 Å². The molecule has 0 spiro atoms. The molecule has 0 saturated carbocycles. The fourth-order valence-electron chi connectivity index (χ4n) is 1.77. The van der Waals surface area contributed by atoms with Gasteiger partial charge in [0.25, 0.3) is 11.1 Å². The highest BCUT2D eigenvalue weighted by Gasteiger charge is 2.18. The SMILES string of the molecule is C[C@H](Sc1nnc(-c2ccc[nH]2)o1)C(=O)NCc1cccs1.